The first-order valence-electron chi connectivity index (χ1n) is 8.91. The highest BCUT2D eigenvalue weighted by Crippen LogP contribution is 2.10. The molecule has 0 aliphatic heterocycles. The molecule has 0 bridgehead atoms. The number of carbonyl (C=O) groups is 1. The van der Waals surface area contributed by atoms with E-state index in [4.69, 9.17) is 0 Å². The van der Waals surface area contributed by atoms with Gasteiger partial charge < -0.3 is 5.32 Å². The highest BCUT2D eigenvalue weighted by atomic mass is 32.2. The van der Waals surface area contributed by atoms with Gasteiger partial charge in [0.25, 0.3) is 0 Å². The maximum Gasteiger partial charge on any atom is 0.241 e. The Kier molecular flexibility index (Phi) is 8.84. The lowest BCUT2D eigenvalue weighted by atomic mass is 10.1. The van der Waals surface area contributed by atoms with Gasteiger partial charge in [0.1, 0.15) is 6.04 Å². The van der Waals surface area contributed by atoms with Crippen molar-refractivity contribution >= 4 is 27.7 Å². The van der Waals surface area contributed by atoms with E-state index in [0.717, 1.165) is 12.8 Å². The Morgan fingerprint density at radius 2 is 1.67 bits per heavy atom. The highest BCUT2D eigenvalue weighted by Gasteiger charge is 2.25. The summed E-state index contributed by atoms with van der Waals surface area (Å²) >= 11 is 1.58. The second-order valence-electron chi connectivity index (χ2n) is 6.15. The van der Waals surface area contributed by atoms with E-state index in [0.29, 0.717) is 18.7 Å². The van der Waals surface area contributed by atoms with Gasteiger partial charge in [0.15, 0.2) is 0 Å². The van der Waals surface area contributed by atoms with Gasteiger partial charge in [-0.25, -0.2) is 8.42 Å². The van der Waals surface area contributed by atoms with Gasteiger partial charge in [0.05, 0.1) is 4.90 Å². The minimum absolute atomic E-state index is 0.163. The van der Waals surface area contributed by atoms with Crippen molar-refractivity contribution in [3.05, 3.63) is 66.2 Å². The first-order valence-corrected chi connectivity index (χ1v) is 11.8. The Bertz CT molecular complexity index is 796. The second-order valence-corrected chi connectivity index (χ2v) is 8.85. The maximum atomic E-state index is 12.5. The predicted molar refractivity (Wildman–Crippen MR) is 111 cm³/mol. The molecular formula is C20H26N2O3S2. The molecular weight excluding hydrogens is 380 g/mol. The second kappa shape index (κ2) is 11.1. The van der Waals surface area contributed by atoms with Gasteiger partial charge in [-0.05, 0) is 49.0 Å². The van der Waals surface area contributed by atoms with Gasteiger partial charge >= 0.3 is 0 Å². The standard InChI is InChI=1S/C20H26N2O3S2/c1-26-16-14-19(22-27(24,25)18-12-6-3-7-13-18)20(23)21-15-8-11-17-9-4-2-5-10-17/h2-7,9-10,12-13,19,22H,8,11,14-16H2,1H3,(H,21,23). The Morgan fingerprint density at radius 1 is 1.04 bits per heavy atom. The molecule has 1 unspecified atom stereocenters. The zero-order valence-electron chi connectivity index (χ0n) is 15.4. The van der Waals surface area contributed by atoms with Crippen molar-refractivity contribution in [1.29, 1.82) is 0 Å². The molecule has 0 fully saturated rings. The van der Waals surface area contributed by atoms with Crippen LogP contribution in [0.1, 0.15) is 18.4 Å². The Labute approximate surface area is 166 Å². The molecule has 0 heterocycles. The summed E-state index contributed by atoms with van der Waals surface area (Å²) in [7, 11) is -3.73. The SMILES string of the molecule is CSCCC(NS(=O)(=O)c1ccccc1)C(=O)NCCCc1ccccc1. The fourth-order valence-electron chi connectivity index (χ4n) is 2.61. The molecule has 0 aliphatic carbocycles. The van der Waals surface area contributed by atoms with Crippen LogP contribution in [0.15, 0.2) is 65.6 Å². The van der Waals surface area contributed by atoms with Crippen molar-refractivity contribution in [3.63, 3.8) is 0 Å². The van der Waals surface area contributed by atoms with E-state index in [1.54, 1.807) is 30.0 Å². The quantitative estimate of drug-likeness (QED) is 0.563. The molecule has 7 heteroatoms. The van der Waals surface area contributed by atoms with Crippen LogP contribution in [0.2, 0.25) is 0 Å². The van der Waals surface area contributed by atoms with Crippen LogP contribution in [0.5, 0.6) is 0 Å². The van der Waals surface area contributed by atoms with Crippen molar-refractivity contribution in [1.82, 2.24) is 10.0 Å². The van der Waals surface area contributed by atoms with E-state index >= 15 is 0 Å². The maximum absolute atomic E-state index is 12.5. The van der Waals surface area contributed by atoms with Crippen LogP contribution >= 0.6 is 11.8 Å². The van der Waals surface area contributed by atoms with Crippen molar-refractivity contribution in [2.75, 3.05) is 18.6 Å². The van der Waals surface area contributed by atoms with Crippen LogP contribution in [0.25, 0.3) is 0 Å². The first-order chi connectivity index (χ1) is 13.0. The smallest absolute Gasteiger partial charge is 0.241 e. The summed E-state index contributed by atoms with van der Waals surface area (Å²) in [6.07, 6.45) is 4.04. The molecule has 27 heavy (non-hydrogen) atoms. The van der Waals surface area contributed by atoms with Crippen molar-refractivity contribution < 1.29 is 13.2 Å². The van der Waals surface area contributed by atoms with Crippen molar-refractivity contribution in [2.45, 2.75) is 30.2 Å². The Hall–Kier alpha value is -1.83. The third-order valence-corrected chi connectivity index (χ3v) is 6.19. The van der Waals surface area contributed by atoms with Crippen molar-refractivity contribution in [3.8, 4) is 0 Å². The molecule has 0 aromatic heterocycles. The summed E-state index contributed by atoms with van der Waals surface area (Å²) in [5.41, 5.74) is 1.22. The van der Waals surface area contributed by atoms with Crippen molar-refractivity contribution in [2.24, 2.45) is 0 Å². The van der Waals surface area contributed by atoms with Crippen LogP contribution in [0.4, 0.5) is 0 Å². The number of benzene rings is 2. The fraction of sp³-hybridized carbons (Fsp3) is 0.350. The number of hydrogen-bond donors (Lipinski definition) is 2. The molecule has 2 aromatic carbocycles. The molecule has 0 saturated heterocycles. The minimum atomic E-state index is -3.73. The van der Waals surface area contributed by atoms with E-state index in [1.807, 2.05) is 24.5 Å². The minimum Gasteiger partial charge on any atom is -0.355 e. The first kappa shape index (κ1) is 21.5. The van der Waals surface area contributed by atoms with E-state index < -0.39 is 16.1 Å². The van der Waals surface area contributed by atoms with Gasteiger partial charge in [-0.3, -0.25) is 4.79 Å². The van der Waals surface area contributed by atoms with Gasteiger partial charge in [-0.15, -0.1) is 0 Å². The lowest BCUT2D eigenvalue weighted by molar-refractivity contribution is -0.122. The lowest BCUT2D eigenvalue weighted by Crippen LogP contribution is -2.47. The average molecular weight is 407 g/mol. The number of nitrogens with one attached hydrogen (secondary N) is 2. The van der Waals surface area contributed by atoms with Crippen LogP contribution < -0.4 is 10.0 Å². The zero-order valence-corrected chi connectivity index (χ0v) is 17.1. The van der Waals surface area contributed by atoms with Crippen LogP contribution in [-0.2, 0) is 21.2 Å². The van der Waals surface area contributed by atoms with E-state index in [-0.39, 0.29) is 10.8 Å². The Balaban J connectivity index is 1.91. The third-order valence-electron chi connectivity index (χ3n) is 4.06. The molecule has 1 atom stereocenters. The molecule has 1 amide bonds. The summed E-state index contributed by atoms with van der Waals surface area (Å²) in [5.74, 6) is 0.413. The summed E-state index contributed by atoms with van der Waals surface area (Å²) in [4.78, 5) is 12.7. The number of rotatable bonds is 11. The zero-order chi connectivity index (χ0) is 19.5. The number of hydrogen-bond acceptors (Lipinski definition) is 4. The number of sulfonamides is 1. The number of carbonyl (C=O) groups excluding carboxylic acids is 1. The predicted octanol–water partition coefficient (Wildman–Crippen LogP) is 2.84. The summed E-state index contributed by atoms with van der Waals surface area (Å²) < 4.78 is 27.6. The van der Waals surface area contributed by atoms with Crippen LogP contribution in [0.3, 0.4) is 0 Å². The van der Waals surface area contributed by atoms with E-state index in [1.165, 1.54) is 17.7 Å². The lowest BCUT2D eigenvalue weighted by Gasteiger charge is -2.18. The fourth-order valence-corrected chi connectivity index (χ4v) is 4.33. The molecule has 0 radical (unpaired) electrons. The average Bonchev–Trinajstić information content (AvgIpc) is 2.69. The molecule has 5 nitrogen and oxygen atoms in total. The van der Waals surface area contributed by atoms with Crippen LogP contribution in [-0.4, -0.2) is 38.9 Å². The normalized spacial score (nSPS) is 12.5. The van der Waals surface area contributed by atoms with Gasteiger partial charge in [0.2, 0.25) is 15.9 Å². The van der Waals surface area contributed by atoms with Gasteiger partial charge in [-0.2, -0.15) is 16.5 Å². The third kappa shape index (κ3) is 7.36. The van der Waals surface area contributed by atoms with Crippen LogP contribution in [0, 0.1) is 0 Å². The monoisotopic (exact) mass is 406 g/mol. The number of aryl methyl sites for hydroxylation is 1. The summed E-state index contributed by atoms with van der Waals surface area (Å²) in [6.45, 7) is 0.510. The molecule has 2 N–H and O–H groups in total. The van der Waals surface area contributed by atoms with E-state index in [9.17, 15) is 13.2 Å². The van der Waals surface area contributed by atoms with E-state index in [2.05, 4.69) is 22.2 Å². The summed E-state index contributed by atoms with van der Waals surface area (Å²) in [5, 5.41) is 2.86. The summed E-state index contributed by atoms with van der Waals surface area (Å²) in [6, 6.07) is 17.4. The molecule has 0 aliphatic rings. The van der Waals surface area contributed by atoms with Gasteiger partial charge in [0, 0.05) is 6.54 Å². The number of thioether (sulfide) groups is 1. The molecule has 2 aromatic rings. The molecule has 0 spiro atoms. The topological polar surface area (TPSA) is 75.3 Å². The van der Waals surface area contributed by atoms with Gasteiger partial charge in [-0.1, -0.05) is 48.5 Å². The highest BCUT2D eigenvalue weighted by molar-refractivity contribution is 7.98. The molecule has 146 valence electrons. The number of amides is 1. The Morgan fingerprint density at radius 3 is 2.30 bits per heavy atom. The molecule has 0 saturated carbocycles. The largest absolute Gasteiger partial charge is 0.355 e. The molecule has 2 rings (SSSR count).